The predicted octanol–water partition coefficient (Wildman–Crippen LogP) is 2.18. The van der Waals surface area contributed by atoms with E-state index >= 15 is 0 Å². The number of rotatable bonds is 5. The molecule has 2 rings (SSSR count). The highest BCUT2D eigenvalue weighted by Gasteiger charge is 2.30. The second-order valence-electron chi connectivity index (χ2n) is 5.86. The largest absolute Gasteiger partial charge is 0.301 e. The average Bonchev–Trinajstić information content (AvgIpc) is 2.46. The Bertz CT molecular complexity index is 567. The maximum Gasteiger partial charge on any atom is 0.246 e. The summed E-state index contributed by atoms with van der Waals surface area (Å²) in [7, 11) is -3.72. The van der Waals surface area contributed by atoms with E-state index < -0.39 is 15.8 Å². The average molecular weight is 314 g/mol. The van der Waals surface area contributed by atoms with Gasteiger partial charge >= 0.3 is 0 Å². The van der Waals surface area contributed by atoms with Crippen LogP contribution in [-0.4, -0.2) is 50.3 Å². The quantitative estimate of drug-likeness (QED) is 0.836. The van der Waals surface area contributed by atoms with E-state index in [1.807, 2.05) is 0 Å². The third-order valence-electron chi connectivity index (χ3n) is 3.81. The van der Waals surface area contributed by atoms with Gasteiger partial charge in [-0.1, -0.05) is 26.0 Å². The van der Waals surface area contributed by atoms with Crippen molar-refractivity contribution in [2.24, 2.45) is 5.92 Å². The molecule has 0 spiro atoms. The molecule has 1 aliphatic heterocycles. The molecular weight excluding hydrogens is 291 g/mol. The standard InChI is InChI=1S/C15H23FN2O2S/c1-13(2)7-8-17-9-11-18(12-10-17)21(19,20)15-6-4-3-5-14(15)16/h3-6,13H,7-12H2,1-2H3. The molecule has 118 valence electrons. The van der Waals surface area contributed by atoms with Crippen LogP contribution >= 0.6 is 0 Å². The van der Waals surface area contributed by atoms with Gasteiger partial charge in [0, 0.05) is 26.2 Å². The van der Waals surface area contributed by atoms with Crippen molar-refractivity contribution >= 4 is 10.0 Å². The topological polar surface area (TPSA) is 40.6 Å². The lowest BCUT2D eigenvalue weighted by atomic mass is 10.1. The normalized spacial score (nSPS) is 18.3. The second-order valence-corrected chi connectivity index (χ2v) is 7.77. The van der Waals surface area contributed by atoms with Crippen molar-refractivity contribution in [3.8, 4) is 0 Å². The second kappa shape index (κ2) is 6.85. The Balaban J connectivity index is 2.00. The smallest absolute Gasteiger partial charge is 0.246 e. The van der Waals surface area contributed by atoms with Crippen LogP contribution in [0.4, 0.5) is 4.39 Å². The van der Waals surface area contributed by atoms with Crippen LogP contribution in [0.15, 0.2) is 29.2 Å². The number of piperazine rings is 1. The molecule has 1 aromatic carbocycles. The highest BCUT2D eigenvalue weighted by Crippen LogP contribution is 2.20. The first kappa shape index (κ1) is 16.4. The number of hydrogen-bond acceptors (Lipinski definition) is 3. The molecule has 0 atom stereocenters. The highest BCUT2D eigenvalue weighted by molar-refractivity contribution is 7.89. The van der Waals surface area contributed by atoms with Gasteiger partial charge in [-0.15, -0.1) is 0 Å². The van der Waals surface area contributed by atoms with Crippen molar-refractivity contribution in [2.45, 2.75) is 25.2 Å². The minimum atomic E-state index is -3.72. The number of sulfonamides is 1. The van der Waals surface area contributed by atoms with E-state index in [1.165, 1.54) is 22.5 Å². The molecule has 1 aromatic rings. The number of halogens is 1. The van der Waals surface area contributed by atoms with Gasteiger partial charge in [0.2, 0.25) is 10.0 Å². The van der Waals surface area contributed by atoms with E-state index in [9.17, 15) is 12.8 Å². The molecule has 0 aliphatic carbocycles. The van der Waals surface area contributed by atoms with Crippen LogP contribution in [0.5, 0.6) is 0 Å². The van der Waals surface area contributed by atoms with Crippen LogP contribution in [0.1, 0.15) is 20.3 Å². The van der Waals surface area contributed by atoms with Gasteiger partial charge < -0.3 is 4.90 Å². The van der Waals surface area contributed by atoms with Crippen molar-refractivity contribution in [3.05, 3.63) is 30.1 Å². The summed E-state index contributed by atoms with van der Waals surface area (Å²) in [4.78, 5) is 2.05. The zero-order valence-corrected chi connectivity index (χ0v) is 13.4. The Morgan fingerprint density at radius 1 is 1.14 bits per heavy atom. The molecule has 1 heterocycles. The van der Waals surface area contributed by atoms with Gasteiger partial charge in [-0.3, -0.25) is 0 Å². The van der Waals surface area contributed by atoms with Crippen LogP contribution in [0, 0.1) is 11.7 Å². The SMILES string of the molecule is CC(C)CCN1CCN(S(=O)(=O)c2ccccc2F)CC1. The van der Waals surface area contributed by atoms with E-state index in [2.05, 4.69) is 18.7 Å². The lowest BCUT2D eigenvalue weighted by molar-refractivity contribution is 0.180. The summed E-state index contributed by atoms with van der Waals surface area (Å²) < 4.78 is 40.0. The van der Waals surface area contributed by atoms with Gasteiger partial charge in [0.25, 0.3) is 0 Å². The van der Waals surface area contributed by atoms with Crippen LogP contribution in [0.3, 0.4) is 0 Å². The van der Waals surface area contributed by atoms with Crippen LogP contribution in [-0.2, 0) is 10.0 Å². The third-order valence-corrected chi connectivity index (χ3v) is 5.74. The minimum Gasteiger partial charge on any atom is -0.301 e. The van der Waals surface area contributed by atoms with E-state index in [4.69, 9.17) is 0 Å². The molecule has 1 fully saturated rings. The van der Waals surface area contributed by atoms with Gasteiger partial charge in [0.05, 0.1) is 0 Å². The van der Waals surface area contributed by atoms with E-state index in [1.54, 1.807) is 6.07 Å². The minimum absolute atomic E-state index is 0.222. The summed E-state index contributed by atoms with van der Waals surface area (Å²) in [5.74, 6) is -0.0371. The molecule has 0 N–H and O–H groups in total. The van der Waals surface area contributed by atoms with E-state index in [-0.39, 0.29) is 4.90 Å². The molecule has 1 aliphatic rings. The zero-order chi connectivity index (χ0) is 15.5. The van der Waals surface area contributed by atoms with Crippen molar-refractivity contribution in [3.63, 3.8) is 0 Å². The van der Waals surface area contributed by atoms with Crippen LogP contribution in [0.25, 0.3) is 0 Å². The summed E-state index contributed by atoms with van der Waals surface area (Å²) in [6.45, 7) is 7.62. The molecule has 6 heteroatoms. The highest BCUT2D eigenvalue weighted by atomic mass is 32.2. The van der Waals surface area contributed by atoms with Gasteiger partial charge in [0.1, 0.15) is 10.7 Å². The Labute approximate surface area is 126 Å². The number of hydrogen-bond donors (Lipinski definition) is 0. The fourth-order valence-electron chi connectivity index (χ4n) is 2.43. The summed E-state index contributed by atoms with van der Waals surface area (Å²) in [6, 6.07) is 5.56. The molecule has 21 heavy (non-hydrogen) atoms. The molecule has 0 unspecified atom stereocenters. The molecule has 0 bridgehead atoms. The first-order valence-corrected chi connectivity index (χ1v) is 8.82. The zero-order valence-electron chi connectivity index (χ0n) is 12.6. The number of benzene rings is 1. The summed E-state index contributed by atoms with van der Waals surface area (Å²) >= 11 is 0. The van der Waals surface area contributed by atoms with Crippen molar-refractivity contribution in [1.82, 2.24) is 9.21 Å². The third kappa shape index (κ3) is 4.02. The molecule has 0 aromatic heterocycles. The molecule has 0 radical (unpaired) electrons. The fourth-order valence-corrected chi connectivity index (χ4v) is 3.91. The van der Waals surface area contributed by atoms with Gasteiger partial charge in [-0.2, -0.15) is 4.31 Å². The molecular formula is C15H23FN2O2S. The first-order chi connectivity index (χ1) is 9.91. The Morgan fingerprint density at radius 3 is 2.33 bits per heavy atom. The summed E-state index contributed by atoms with van der Waals surface area (Å²) in [5, 5.41) is 0. The summed E-state index contributed by atoms with van der Waals surface area (Å²) in [5.41, 5.74) is 0. The number of nitrogens with zero attached hydrogens (tertiary/aromatic N) is 2. The summed E-state index contributed by atoms with van der Waals surface area (Å²) in [6.07, 6.45) is 1.11. The van der Waals surface area contributed by atoms with Gasteiger partial charge in [-0.05, 0) is 31.0 Å². The van der Waals surface area contributed by atoms with Gasteiger partial charge in [0.15, 0.2) is 0 Å². The van der Waals surface area contributed by atoms with E-state index in [0.717, 1.165) is 13.0 Å². The Morgan fingerprint density at radius 2 is 1.76 bits per heavy atom. The molecule has 1 saturated heterocycles. The van der Waals surface area contributed by atoms with Crippen molar-refractivity contribution in [1.29, 1.82) is 0 Å². The van der Waals surface area contributed by atoms with Gasteiger partial charge in [-0.25, -0.2) is 12.8 Å². The maximum absolute atomic E-state index is 13.7. The monoisotopic (exact) mass is 314 g/mol. The Hall–Kier alpha value is -0.980. The fraction of sp³-hybridized carbons (Fsp3) is 0.600. The first-order valence-electron chi connectivity index (χ1n) is 7.38. The van der Waals surface area contributed by atoms with E-state index in [0.29, 0.717) is 32.1 Å². The van der Waals surface area contributed by atoms with Crippen molar-refractivity contribution < 1.29 is 12.8 Å². The van der Waals surface area contributed by atoms with Crippen LogP contribution < -0.4 is 0 Å². The molecule has 0 amide bonds. The maximum atomic E-state index is 13.7. The predicted molar refractivity (Wildman–Crippen MR) is 81.1 cm³/mol. The molecule has 4 nitrogen and oxygen atoms in total. The van der Waals surface area contributed by atoms with Crippen LogP contribution in [0.2, 0.25) is 0 Å². The Kier molecular flexibility index (Phi) is 5.35. The lowest BCUT2D eigenvalue weighted by Crippen LogP contribution is -2.49. The lowest BCUT2D eigenvalue weighted by Gasteiger charge is -2.34. The molecule has 0 saturated carbocycles. The van der Waals surface area contributed by atoms with Crippen molar-refractivity contribution in [2.75, 3.05) is 32.7 Å².